The van der Waals surface area contributed by atoms with E-state index < -0.39 is 16.1 Å². The number of carbonyl (C=O) groups excluding carboxylic acids is 3. The summed E-state index contributed by atoms with van der Waals surface area (Å²) in [5, 5.41) is 5.10. The molecule has 0 unspecified atom stereocenters. The smallest absolute Gasteiger partial charge is 0.338 e. The number of thiazole rings is 1. The predicted molar refractivity (Wildman–Crippen MR) is 161 cm³/mol. The molecule has 4 aromatic rings. The second-order valence-corrected chi connectivity index (χ2v) is 12.7. The lowest BCUT2D eigenvalue weighted by Gasteiger charge is -2.23. The van der Waals surface area contributed by atoms with E-state index >= 15 is 0 Å². The first-order valence-corrected chi connectivity index (χ1v) is 16.1. The van der Waals surface area contributed by atoms with Gasteiger partial charge in [-0.1, -0.05) is 30.3 Å². The van der Waals surface area contributed by atoms with Crippen molar-refractivity contribution in [2.45, 2.75) is 32.7 Å². The zero-order chi connectivity index (χ0) is 30.0. The number of rotatable bonds is 8. The number of ether oxygens (including phenoxy) is 1. The van der Waals surface area contributed by atoms with Crippen molar-refractivity contribution in [3.05, 3.63) is 83.0 Å². The Morgan fingerprint density at radius 2 is 1.76 bits per heavy atom. The van der Waals surface area contributed by atoms with Crippen molar-refractivity contribution in [1.82, 2.24) is 13.9 Å². The van der Waals surface area contributed by atoms with Crippen LogP contribution >= 0.6 is 11.3 Å². The maximum atomic E-state index is 13.2. The van der Waals surface area contributed by atoms with Crippen LogP contribution in [0.1, 0.15) is 46.2 Å². The number of aromatic nitrogens is 2. The Kier molecular flexibility index (Phi) is 8.28. The second-order valence-electron chi connectivity index (χ2n) is 9.99. The Bertz CT molecular complexity index is 1780. The molecule has 1 aliphatic rings. The van der Waals surface area contributed by atoms with Gasteiger partial charge in [0.1, 0.15) is 6.04 Å². The van der Waals surface area contributed by atoms with Gasteiger partial charge in [-0.15, -0.1) is 11.3 Å². The highest BCUT2D eigenvalue weighted by Crippen LogP contribution is 2.30. The number of anilines is 1. The SMILES string of the molecule is CCOC(=O)c1cccc(-c2cccc(-c3csc(NC(=O)[C@@H]4CCCN4C(=O)c4cc(C)n(S(C)(=O)=O)c4)n3)c2)c1. The zero-order valence-electron chi connectivity index (χ0n) is 23.4. The molecule has 0 spiro atoms. The lowest BCUT2D eigenvalue weighted by Crippen LogP contribution is -2.43. The summed E-state index contributed by atoms with van der Waals surface area (Å²) < 4.78 is 30.2. The van der Waals surface area contributed by atoms with Crippen LogP contribution in [-0.4, -0.2) is 65.5 Å². The van der Waals surface area contributed by atoms with Crippen molar-refractivity contribution in [3.8, 4) is 22.4 Å². The highest BCUT2D eigenvalue weighted by molar-refractivity contribution is 7.89. The Morgan fingerprint density at radius 3 is 2.48 bits per heavy atom. The predicted octanol–water partition coefficient (Wildman–Crippen LogP) is 4.81. The topological polar surface area (TPSA) is 128 Å². The molecule has 2 aromatic carbocycles. The third-order valence-corrected chi connectivity index (χ3v) is 8.85. The van der Waals surface area contributed by atoms with Gasteiger partial charge in [-0.05, 0) is 62.1 Å². The maximum absolute atomic E-state index is 13.2. The minimum atomic E-state index is -3.55. The van der Waals surface area contributed by atoms with Gasteiger partial charge in [-0.2, -0.15) is 0 Å². The molecule has 2 aromatic heterocycles. The molecule has 1 saturated heterocycles. The molecule has 0 bridgehead atoms. The maximum Gasteiger partial charge on any atom is 0.338 e. The molecule has 42 heavy (non-hydrogen) atoms. The Balaban J connectivity index is 1.30. The second kappa shape index (κ2) is 11.9. The number of nitrogens with one attached hydrogen (secondary N) is 1. The summed E-state index contributed by atoms with van der Waals surface area (Å²) in [6.45, 7) is 4.08. The van der Waals surface area contributed by atoms with Crippen LogP contribution < -0.4 is 5.32 Å². The molecular weight excluding hydrogens is 576 g/mol. The van der Waals surface area contributed by atoms with Crippen molar-refractivity contribution in [2.75, 3.05) is 24.7 Å². The molecule has 1 N–H and O–H groups in total. The summed E-state index contributed by atoms with van der Waals surface area (Å²) in [4.78, 5) is 44.7. The van der Waals surface area contributed by atoms with Crippen LogP contribution in [0.25, 0.3) is 22.4 Å². The van der Waals surface area contributed by atoms with E-state index in [0.29, 0.717) is 48.1 Å². The van der Waals surface area contributed by atoms with Crippen molar-refractivity contribution in [2.24, 2.45) is 0 Å². The molecule has 1 atom stereocenters. The first kappa shape index (κ1) is 29.2. The minimum Gasteiger partial charge on any atom is -0.462 e. The summed E-state index contributed by atoms with van der Waals surface area (Å²) in [6, 6.07) is 15.8. The van der Waals surface area contributed by atoms with Gasteiger partial charge >= 0.3 is 5.97 Å². The molecule has 0 radical (unpaired) electrons. The van der Waals surface area contributed by atoms with E-state index in [0.717, 1.165) is 26.9 Å². The molecule has 218 valence electrons. The Labute approximate surface area is 248 Å². The fourth-order valence-electron chi connectivity index (χ4n) is 5.03. The number of nitrogens with zero attached hydrogens (tertiary/aromatic N) is 3. The lowest BCUT2D eigenvalue weighted by atomic mass is 10.0. The van der Waals surface area contributed by atoms with Crippen LogP contribution in [0.2, 0.25) is 0 Å². The summed E-state index contributed by atoms with van der Waals surface area (Å²) >= 11 is 1.28. The van der Waals surface area contributed by atoms with Gasteiger partial charge in [-0.3, -0.25) is 9.59 Å². The summed E-state index contributed by atoms with van der Waals surface area (Å²) in [7, 11) is -3.55. The molecule has 2 amide bonds. The third kappa shape index (κ3) is 6.14. The van der Waals surface area contributed by atoms with E-state index in [1.807, 2.05) is 41.8 Å². The van der Waals surface area contributed by atoms with Gasteiger partial charge in [0.05, 0.1) is 29.7 Å². The molecule has 5 rings (SSSR count). The first-order valence-electron chi connectivity index (χ1n) is 13.4. The molecular formula is C30H30N4O6S2. The highest BCUT2D eigenvalue weighted by Gasteiger charge is 2.35. The van der Waals surface area contributed by atoms with Crippen LogP contribution in [0.3, 0.4) is 0 Å². The van der Waals surface area contributed by atoms with Gasteiger partial charge in [0.15, 0.2) is 5.13 Å². The van der Waals surface area contributed by atoms with E-state index in [-0.39, 0.29) is 23.3 Å². The van der Waals surface area contributed by atoms with Crippen LogP contribution in [0, 0.1) is 6.92 Å². The minimum absolute atomic E-state index is 0.224. The number of aryl methyl sites for hydroxylation is 1. The number of esters is 1. The summed E-state index contributed by atoms with van der Waals surface area (Å²) in [5.74, 6) is -1.10. The number of amides is 2. The molecule has 10 nitrogen and oxygen atoms in total. The van der Waals surface area contributed by atoms with Crippen molar-refractivity contribution in [3.63, 3.8) is 0 Å². The van der Waals surface area contributed by atoms with Gasteiger partial charge in [-0.25, -0.2) is 22.2 Å². The van der Waals surface area contributed by atoms with E-state index in [1.165, 1.54) is 28.5 Å². The number of likely N-dealkylation sites (tertiary alicyclic amines) is 1. The van der Waals surface area contributed by atoms with Crippen molar-refractivity contribution < 1.29 is 27.5 Å². The lowest BCUT2D eigenvalue weighted by molar-refractivity contribution is -0.119. The fraction of sp³-hybridized carbons (Fsp3) is 0.267. The molecule has 12 heteroatoms. The zero-order valence-corrected chi connectivity index (χ0v) is 25.0. The first-order chi connectivity index (χ1) is 20.0. The van der Waals surface area contributed by atoms with Gasteiger partial charge in [0.25, 0.3) is 5.91 Å². The molecule has 1 aliphatic heterocycles. The normalized spacial score (nSPS) is 15.0. The van der Waals surface area contributed by atoms with Crippen LogP contribution in [-0.2, 0) is 19.6 Å². The van der Waals surface area contributed by atoms with E-state index in [1.54, 1.807) is 26.0 Å². The van der Waals surface area contributed by atoms with Crippen LogP contribution in [0.15, 0.2) is 66.2 Å². The number of carbonyl (C=O) groups is 3. The van der Waals surface area contributed by atoms with E-state index in [2.05, 4.69) is 10.3 Å². The van der Waals surface area contributed by atoms with E-state index in [9.17, 15) is 22.8 Å². The molecule has 1 fully saturated rings. The number of benzene rings is 2. The van der Waals surface area contributed by atoms with Crippen molar-refractivity contribution in [1.29, 1.82) is 0 Å². The van der Waals surface area contributed by atoms with Gasteiger partial charge in [0.2, 0.25) is 15.9 Å². The van der Waals surface area contributed by atoms with Crippen LogP contribution in [0.4, 0.5) is 5.13 Å². The summed E-state index contributed by atoms with van der Waals surface area (Å²) in [5.41, 5.74) is 4.40. The molecule has 0 aliphatic carbocycles. The monoisotopic (exact) mass is 606 g/mol. The molecule has 0 saturated carbocycles. The molecule has 3 heterocycles. The standard InChI is InChI=1S/C30H30N4O6S2/c1-4-40-29(37)23-11-6-9-21(16-23)20-8-5-10-22(15-20)25-18-41-30(31-25)32-27(35)26-12-7-13-33(26)28(36)24-14-19(2)34(17-24)42(3,38)39/h5-6,8-11,14-18,26H,4,7,12-13H2,1-3H3,(H,31,32,35)/t26-/m0/s1. The number of hydrogen-bond donors (Lipinski definition) is 1. The summed E-state index contributed by atoms with van der Waals surface area (Å²) in [6.07, 6.45) is 3.52. The average Bonchev–Trinajstić information content (AvgIpc) is 3.73. The average molecular weight is 607 g/mol. The van der Waals surface area contributed by atoms with Crippen molar-refractivity contribution >= 4 is 44.3 Å². The largest absolute Gasteiger partial charge is 0.462 e. The van der Waals surface area contributed by atoms with Gasteiger partial charge < -0.3 is 15.0 Å². The Morgan fingerprint density at radius 1 is 1.05 bits per heavy atom. The number of hydrogen-bond acceptors (Lipinski definition) is 8. The fourth-order valence-corrected chi connectivity index (χ4v) is 6.63. The Hall–Kier alpha value is -4.29. The van der Waals surface area contributed by atoms with Crippen LogP contribution in [0.5, 0.6) is 0 Å². The highest BCUT2D eigenvalue weighted by atomic mass is 32.2. The van der Waals surface area contributed by atoms with Gasteiger partial charge in [0, 0.05) is 29.4 Å². The third-order valence-electron chi connectivity index (χ3n) is 6.99. The quantitative estimate of drug-likeness (QED) is 0.285. The van der Waals surface area contributed by atoms with E-state index in [4.69, 9.17) is 4.74 Å².